The Kier molecular flexibility index (Phi) is 17.9. The molecule has 0 saturated heterocycles. The van der Waals surface area contributed by atoms with Crippen LogP contribution in [0.2, 0.25) is 12.1 Å². The summed E-state index contributed by atoms with van der Waals surface area (Å²) in [7, 11) is 0. The van der Waals surface area contributed by atoms with Gasteiger partial charge in [0.1, 0.15) is 23.0 Å². The van der Waals surface area contributed by atoms with Crippen molar-refractivity contribution in [3.63, 3.8) is 0 Å². The fourth-order valence-corrected chi connectivity index (χ4v) is 11.8. The van der Waals surface area contributed by atoms with Gasteiger partial charge in [0.25, 0.3) is 0 Å². The lowest BCUT2D eigenvalue weighted by molar-refractivity contribution is -0.165. The van der Waals surface area contributed by atoms with E-state index in [4.69, 9.17) is 85.4 Å². The molecular formula is C40H54Cl6O6Si2. The van der Waals surface area contributed by atoms with Crippen molar-refractivity contribution in [2.24, 2.45) is 11.8 Å². The summed E-state index contributed by atoms with van der Waals surface area (Å²) >= 11 is 35.7. The third-order valence-electron chi connectivity index (χ3n) is 10.9. The van der Waals surface area contributed by atoms with Gasteiger partial charge in [-0.3, -0.25) is 9.59 Å². The monoisotopic (exact) mass is 896 g/mol. The molecule has 2 aromatic carbocycles. The third-order valence-corrected chi connectivity index (χ3v) is 16.2. The van der Waals surface area contributed by atoms with Crippen LogP contribution in [-0.2, 0) is 9.59 Å². The molecule has 0 radical (unpaired) electrons. The lowest BCUT2D eigenvalue weighted by Gasteiger charge is -2.53. The van der Waals surface area contributed by atoms with Gasteiger partial charge in [-0.1, -0.05) is 115 Å². The summed E-state index contributed by atoms with van der Waals surface area (Å²) in [6.45, 7) is 1.22. The van der Waals surface area contributed by atoms with Gasteiger partial charge < -0.3 is 18.9 Å². The van der Waals surface area contributed by atoms with Crippen LogP contribution in [0.1, 0.15) is 139 Å². The van der Waals surface area contributed by atoms with E-state index >= 15 is 0 Å². The Morgan fingerprint density at radius 3 is 1.09 bits per heavy atom. The van der Waals surface area contributed by atoms with Gasteiger partial charge >= 0.3 is 23.9 Å². The molecule has 14 heteroatoms. The van der Waals surface area contributed by atoms with Crippen LogP contribution in [-0.4, -0.2) is 37.2 Å². The van der Waals surface area contributed by atoms with E-state index < -0.39 is 23.8 Å². The van der Waals surface area contributed by atoms with Crippen LogP contribution >= 0.6 is 66.5 Å². The van der Waals surface area contributed by atoms with Crippen molar-refractivity contribution in [1.29, 1.82) is 0 Å². The van der Waals surface area contributed by atoms with Crippen LogP contribution in [0.15, 0.2) is 36.4 Å². The van der Waals surface area contributed by atoms with E-state index in [9.17, 15) is 9.59 Å². The Morgan fingerprint density at radius 2 is 0.759 bits per heavy atom. The summed E-state index contributed by atoms with van der Waals surface area (Å²) in [5.41, 5.74) is 1.87. The molecule has 2 aromatic rings. The summed E-state index contributed by atoms with van der Waals surface area (Å²) in [6, 6.07) is 8.10. The molecule has 2 heterocycles. The standard InChI is InChI=1S/C40H54Cl6O6Si2/c41-53(42,43)25-17-13-9-5-1-3-7-11-15-23-49-29-19-21-31-33(27-29)51-39(47)37-35(31)36-32-22-20-30(28-34(32)52-40(48)38(36)37)50-24-16-12-8-4-2-6-10-14-18-26-54(44,45)46/h19-22,27-28,35-38H,1-18,23-26H2/t35-,36+,37-,38+. The number of unbranched alkanes of at least 4 members (excludes halogenated alkanes) is 16. The minimum Gasteiger partial charge on any atom is -0.493 e. The molecule has 5 rings (SSSR count). The average Bonchev–Trinajstić information content (AvgIpc) is 3.09. The molecule has 300 valence electrons. The maximum atomic E-state index is 13.2. The van der Waals surface area contributed by atoms with Crippen LogP contribution in [0.4, 0.5) is 0 Å². The van der Waals surface area contributed by atoms with E-state index in [2.05, 4.69) is 0 Å². The molecule has 1 fully saturated rings. The number of carbonyl (C=O) groups is 2. The highest BCUT2D eigenvalue weighted by molar-refractivity contribution is 7.65. The summed E-state index contributed by atoms with van der Waals surface area (Å²) in [4.78, 5) is 26.4. The van der Waals surface area contributed by atoms with Crippen molar-refractivity contribution in [2.75, 3.05) is 13.2 Å². The van der Waals surface area contributed by atoms with E-state index in [0.29, 0.717) is 36.2 Å². The summed E-state index contributed by atoms with van der Waals surface area (Å²) in [5, 5.41) is 0. The molecule has 0 amide bonds. The van der Waals surface area contributed by atoms with Gasteiger partial charge in [-0.2, -0.15) is 0 Å². The molecule has 0 bridgehead atoms. The molecule has 3 aliphatic rings. The number of rotatable bonds is 26. The van der Waals surface area contributed by atoms with E-state index in [1.54, 1.807) is 0 Å². The lowest BCUT2D eigenvalue weighted by Crippen LogP contribution is -2.57. The number of halogens is 6. The molecule has 1 aliphatic carbocycles. The van der Waals surface area contributed by atoms with E-state index in [1.165, 1.54) is 64.2 Å². The molecular weight excluding hydrogens is 845 g/mol. The normalized spacial score (nSPS) is 20.2. The number of esters is 2. The lowest BCUT2D eigenvalue weighted by atomic mass is 9.51. The number of ether oxygens (including phenoxy) is 4. The van der Waals surface area contributed by atoms with E-state index in [0.717, 1.165) is 74.6 Å². The van der Waals surface area contributed by atoms with Gasteiger partial charge in [0, 0.05) is 24.0 Å². The van der Waals surface area contributed by atoms with Crippen molar-refractivity contribution < 1.29 is 28.5 Å². The molecule has 0 unspecified atom stereocenters. The SMILES string of the molecule is O=C1Oc2cc(OCCCCCCCCCCC[Si](Cl)(Cl)Cl)ccc2[C@@H]2[C@H]1[C@@H]1C(=O)Oc3cc(OCCCCCCCCCCC[Si](Cl)(Cl)Cl)ccc3[C@@H]12. The zero-order valence-electron chi connectivity index (χ0n) is 31.0. The molecule has 2 aliphatic heterocycles. The highest BCUT2D eigenvalue weighted by Gasteiger charge is 2.64. The first-order valence-corrected chi connectivity index (χ1v) is 30.5. The van der Waals surface area contributed by atoms with Crippen LogP contribution in [0, 0.1) is 11.8 Å². The van der Waals surface area contributed by atoms with Crippen LogP contribution in [0.3, 0.4) is 0 Å². The number of fused-ring (bicyclic) bond motifs is 8. The largest absolute Gasteiger partial charge is 0.493 e. The van der Waals surface area contributed by atoms with Gasteiger partial charge in [0.2, 0.25) is 0 Å². The van der Waals surface area contributed by atoms with Crippen LogP contribution in [0.25, 0.3) is 0 Å². The number of benzene rings is 2. The first-order chi connectivity index (χ1) is 25.9. The smallest absolute Gasteiger partial charge is 0.341 e. The highest BCUT2D eigenvalue weighted by Crippen LogP contribution is 2.65. The predicted molar refractivity (Wildman–Crippen MR) is 227 cm³/mol. The minimum atomic E-state index is -2.46. The quantitative estimate of drug-likeness (QED) is 0.0308. The van der Waals surface area contributed by atoms with Crippen LogP contribution in [0.5, 0.6) is 23.0 Å². The van der Waals surface area contributed by atoms with Crippen molar-refractivity contribution in [2.45, 2.75) is 139 Å². The molecule has 4 atom stereocenters. The maximum Gasteiger partial charge on any atom is 0.341 e. The van der Waals surface area contributed by atoms with E-state index in [1.807, 2.05) is 36.4 Å². The zero-order chi connectivity index (χ0) is 38.6. The van der Waals surface area contributed by atoms with Gasteiger partial charge in [0.15, 0.2) is 0 Å². The van der Waals surface area contributed by atoms with Crippen molar-refractivity contribution in [3.05, 3.63) is 47.5 Å². The fourth-order valence-electron chi connectivity index (χ4n) is 8.11. The van der Waals surface area contributed by atoms with Gasteiger partial charge in [-0.05, 0) is 48.2 Å². The van der Waals surface area contributed by atoms with Gasteiger partial charge in [-0.15, -0.1) is 66.5 Å². The van der Waals surface area contributed by atoms with E-state index in [-0.39, 0.29) is 23.8 Å². The third kappa shape index (κ3) is 13.6. The molecule has 0 aromatic heterocycles. The number of hydrogen-bond donors (Lipinski definition) is 0. The number of hydrogen-bond acceptors (Lipinski definition) is 6. The second-order valence-corrected chi connectivity index (χ2v) is 33.7. The highest BCUT2D eigenvalue weighted by atomic mass is 35.8. The summed E-state index contributed by atoms with van der Waals surface area (Å²) in [5.74, 6) is 0.242. The molecule has 0 N–H and O–H groups in total. The Bertz CT molecular complexity index is 1410. The molecule has 6 nitrogen and oxygen atoms in total. The van der Waals surface area contributed by atoms with Gasteiger partial charge in [0.05, 0.1) is 25.0 Å². The first kappa shape index (κ1) is 44.3. The fraction of sp³-hybridized carbons (Fsp3) is 0.650. The summed E-state index contributed by atoms with van der Waals surface area (Å²) < 4.78 is 23.7. The topological polar surface area (TPSA) is 71.1 Å². The number of carbonyl (C=O) groups excluding carboxylic acids is 2. The Morgan fingerprint density at radius 1 is 0.444 bits per heavy atom. The Hall–Kier alpha value is -0.846. The van der Waals surface area contributed by atoms with Crippen molar-refractivity contribution in [3.8, 4) is 23.0 Å². The maximum absolute atomic E-state index is 13.2. The average molecular weight is 900 g/mol. The molecule has 54 heavy (non-hydrogen) atoms. The van der Waals surface area contributed by atoms with Crippen molar-refractivity contribution in [1.82, 2.24) is 0 Å². The Balaban J connectivity index is 1.01. The first-order valence-electron chi connectivity index (χ1n) is 20.0. The minimum absolute atomic E-state index is 0.155. The van der Waals surface area contributed by atoms with Gasteiger partial charge in [-0.25, -0.2) is 0 Å². The molecule has 1 saturated carbocycles. The predicted octanol–water partition coefficient (Wildman–Crippen LogP) is 13.7. The second-order valence-electron chi connectivity index (χ2n) is 15.1. The zero-order valence-corrected chi connectivity index (χ0v) is 37.6. The second kappa shape index (κ2) is 21.8. The Labute approximate surface area is 351 Å². The van der Waals surface area contributed by atoms with Crippen LogP contribution < -0.4 is 18.9 Å². The molecule has 0 spiro atoms. The van der Waals surface area contributed by atoms with Crippen molar-refractivity contribution >= 4 is 90.4 Å². The summed E-state index contributed by atoms with van der Waals surface area (Å²) in [6.07, 6.45) is 20.6.